The molecular weight excluding hydrogens is 272 g/mol. The third-order valence-corrected chi connectivity index (χ3v) is 3.72. The Kier molecular flexibility index (Phi) is 3.35. The number of nitrogen functional groups attached to an aromatic ring is 4. The van der Waals surface area contributed by atoms with E-state index in [1.54, 1.807) is 0 Å². The van der Waals surface area contributed by atoms with Gasteiger partial charge in [-0.1, -0.05) is 36.4 Å². The second kappa shape index (κ2) is 5.33. The lowest BCUT2D eigenvalue weighted by atomic mass is 9.97. The van der Waals surface area contributed by atoms with Crippen LogP contribution < -0.4 is 22.9 Å². The summed E-state index contributed by atoms with van der Waals surface area (Å²) in [7, 11) is 0. The molecule has 0 radical (unpaired) electrons. The van der Waals surface area contributed by atoms with Gasteiger partial charge in [0.05, 0.1) is 0 Å². The van der Waals surface area contributed by atoms with Crippen LogP contribution >= 0.6 is 0 Å². The number of anilines is 4. The average molecular weight is 290 g/mol. The highest BCUT2D eigenvalue weighted by Crippen LogP contribution is 2.35. The van der Waals surface area contributed by atoms with E-state index in [4.69, 9.17) is 22.9 Å². The fourth-order valence-electron chi connectivity index (χ4n) is 2.65. The number of nitrogens with two attached hydrogens (primary N) is 4. The Morgan fingerprint density at radius 2 is 0.682 bits per heavy atom. The van der Waals surface area contributed by atoms with Crippen LogP contribution in [0, 0.1) is 0 Å². The molecular formula is C18H18N4. The third-order valence-electron chi connectivity index (χ3n) is 3.72. The van der Waals surface area contributed by atoms with E-state index >= 15 is 0 Å². The van der Waals surface area contributed by atoms with Crippen LogP contribution in [0.5, 0.6) is 0 Å². The van der Waals surface area contributed by atoms with Gasteiger partial charge in [0, 0.05) is 33.9 Å². The predicted molar refractivity (Wildman–Crippen MR) is 95.0 cm³/mol. The normalized spacial score (nSPS) is 10.5. The lowest BCUT2D eigenvalue weighted by molar-refractivity contribution is 1.57. The van der Waals surface area contributed by atoms with Gasteiger partial charge in [-0.25, -0.2) is 0 Å². The molecule has 0 saturated carbocycles. The minimum Gasteiger partial charge on any atom is -0.398 e. The molecule has 3 aromatic rings. The first-order valence-electron chi connectivity index (χ1n) is 6.96. The first-order valence-corrected chi connectivity index (χ1v) is 6.96. The second-order valence-corrected chi connectivity index (χ2v) is 5.20. The van der Waals surface area contributed by atoms with Gasteiger partial charge in [0.15, 0.2) is 0 Å². The van der Waals surface area contributed by atoms with Crippen molar-refractivity contribution in [1.82, 2.24) is 0 Å². The number of benzene rings is 3. The van der Waals surface area contributed by atoms with Gasteiger partial charge in [-0.3, -0.25) is 0 Å². The molecule has 0 bridgehead atoms. The molecule has 0 saturated heterocycles. The molecule has 3 aromatic carbocycles. The van der Waals surface area contributed by atoms with Crippen molar-refractivity contribution in [3.8, 4) is 22.3 Å². The lowest BCUT2D eigenvalue weighted by Gasteiger charge is -2.12. The Morgan fingerprint density at radius 3 is 0.955 bits per heavy atom. The molecule has 22 heavy (non-hydrogen) atoms. The van der Waals surface area contributed by atoms with Crippen LogP contribution in [0.25, 0.3) is 22.3 Å². The molecule has 0 unspecified atom stereocenters. The summed E-state index contributed by atoms with van der Waals surface area (Å²) in [6.07, 6.45) is 0. The molecule has 0 aliphatic carbocycles. The zero-order chi connectivity index (χ0) is 15.7. The minimum absolute atomic E-state index is 0.659. The van der Waals surface area contributed by atoms with Gasteiger partial charge in [0.1, 0.15) is 0 Å². The summed E-state index contributed by atoms with van der Waals surface area (Å²) in [5, 5.41) is 0. The molecule has 3 rings (SSSR count). The molecule has 0 aliphatic heterocycles. The van der Waals surface area contributed by atoms with E-state index < -0.39 is 0 Å². The zero-order valence-electron chi connectivity index (χ0n) is 12.1. The van der Waals surface area contributed by atoms with Gasteiger partial charge in [0.2, 0.25) is 0 Å². The van der Waals surface area contributed by atoms with Crippen molar-refractivity contribution in [2.45, 2.75) is 0 Å². The third kappa shape index (κ3) is 2.31. The topological polar surface area (TPSA) is 104 Å². The van der Waals surface area contributed by atoms with Gasteiger partial charge in [-0.2, -0.15) is 0 Å². The summed E-state index contributed by atoms with van der Waals surface area (Å²) in [5.74, 6) is 0. The Morgan fingerprint density at radius 1 is 0.409 bits per heavy atom. The second-order valence-electron chi connectivity index (χ2n) is 5.20. The Hall–Kier alpha value is -3.14. The van der Waals surface area contributed by atoms with Gasteiger partial charge >= 0.3 is 0 Å². The van der Waals surface area contributed by atoms with Crippen molar-refractivity contribution in [1.29, 1.82) is 0 Å². The van der Waals surface area contributed by atoms with E-state index in [1.165, 1.54) is 0 Å². The van der Waals surface area contributed by atoms with Crippen LogP contribution in [0.3, 0.4) is 0 Å². The molecule has 0 aliphatic rings. The van der Waals surface area contributed by atoms with Crippen LogP contribution in [0.1, 0.15) is 0 Å². The molecule has 4 nitrogen and oxygen atoms in total. The first kappa shape index (κ1) is 13.8. The molecule has 0 fully saturated rings. The molecule has 4 heteroatoms. The quantitative estimate of drug-likeness (QED) is 0.543. The van der Waals surface area contributed by atoms with Crippen molar-refractivity contribution in [3.05, 3.63) is 60.7 Å². The maximum Gasteiger partial charge on any atom is 0.0414 e. The predicted octanol–water partition coefficient (Wildman–Crippen LogP) is 3.35. The van der Waals surface area contributed by atoms with Crippen LogP contribution in [0.15, 0.2) is 60.7 Å². The van der Waals surface area contributed by atoms with Crippen LogP contribution in [-0.4, -0.2) is 0 Å². The van der Waals surface area contributed by atoms with Crippen molar-refractivity contribution in [2.24, 2.45) is 0 Å². The van der Waals surface area contributed by atoms with Crippen LogP contribution in [0.4, 0.5) is 22.7 Å². The maximum absolute atomic E-state index is 6.03. The summed E-state index contributed by atoms with van der Waals surface area (Å²) in [6, 6.07) is 18.9. The monoisotopic (exact) mass is 290 g/mol. The fraction of sp³-hybridized carbons (Fsp3) is 0. The molecule has 0 aromatic heterocycles. The van der Waals surface area contributed by atoms with Gasteiger partial charge in [-0.15, -0.1) is 0 Å². The highest BCUT2D eigenvalue weighted by molar-refractivity contribution is 5.90. The molecule has 110 valence electrons. The van der Waals surface area contributed by atoms with E-state index in [-0.39, 0.29) is 0 Å². The van der Waals surface area contributed by atoms with Crippen molar-refractivity contribution < 1.29 is 0 Å². The summed E-state index contributed by atoms with van der Waals surface area (Å²) in [5.41, 5.74) is 30.4. The van der Waals surface area contributed by atoms with E-state index in [1.807, 2.05) is 60.7 Å². The lowest BCUT2D eigenvalue weighted by Crippen LogP contribution is -1.97. The van der Waals surface area contributed by atoms with Crippen molar-refractivity contribution in [2.75, 3.05) is 22.9 Å². The highest BCUT2D eigenvalue weighted by Gasteiger charge is 2.09. The van der Waals surface area contributed by atoms with Crippen LogP contribution in [0.2, 0.25) is 0 Å². The summed E-state index contributed by atoms with van der Waals surface area (Å²) >= 11 is 0. The van der Waals surface area contributed by atoms with Gasteiger partial charge in [0.25, 0.3) is 0 Å². The molecule has 0 spiro atoms. The number of rotatable bonds is 2. The number of hydrogen-bond donors (Lipinski definition) is 4. The molecule has 0 amide bonds. The summed E-state index contributed by atoms with van der Waals surface area (Å²) < 4.78 is 0. The Labute approximate surface area is 129 Å². The van der Waals surface area contributed by atoms with Gasteiger partial charge in [-0.05, 0) is 35.4 Å². The van der Waals surface area contributed by atoms with Crippen molar-refractivity contribution >= 4 is 22.7 Å². The van der Waals surface area contributed by atoms with E-state index in [2.05, 4.69) is 0 Å². The largest absolute Gasteiger partial charge is 0.398 e. The van der Waals surface area contributed by atoms with Gasteiger partial charge < -0.3 is 22.9 Å². The highest BCUT2D eigenvalue weighted by atomic mass is 14.6. The maximum atomic E-state index is 6.03. The van der Waals surface area contributed by atoms with E-state index in [0.717, 1.165) is 22.3 Å². The standard InChI is InChI=1S/C18H18N4/c19-13-3-1-4-14(20)17(13)11-7-9-12(10-8-11)18-15(21)5-2-6-16(18)22/h1-10H,19-22H2. The fourth-order valence-corrected chi connectivity index (χ4v) is 2.65. The number of hydrogen-bond acceptors (Lipinski definition) is 4. The van der Waals surface area contributed by atoms with E-state index in [9.17, 15) is 0 Å². The average Bonchev–Trinajstić information content (AvgIpc) is 2.48. The zero-order valence-corrected chi connectivity index (χ0v) is 12.1. The SMILES string of the molecule is Nc1cccc(N)c1-c1ccc(-c2c(N)cccc2N)cc1. The van der Waals surface area contributed by atoms with Crippen molar-refractivity contribution in [3.63, 3.8) is 0 Å². The van der Waals surface area contributed by atoms with Crippen LogP contribution in [-0.2, 0) is 0 Å². The smallest absolute Gasteiger partial charge is 0.0414 e. The molecule has 0 atom stereocenters. The first-order chi connectivity index (χ1) is 10.6. The summed E-state index contributed by atoms with van der Waals surface area (Å²) in [6.45, 7) is 0. The minimum atomic E-state index is 0.659. The Balaban J connectivity index is 2.08. The molecule has 0 heterocycles. The summed E-state index contributed by atoms with van der Waals surface area (Å²) in [4.78, 5) is 0. The molecule has 8 N–H and O–H groups in total. The Bertz CT molecular complexity index is 712. The van der Waals surface area contributed by atoms with E-state index in [0.29, 0.717) is 22.7 Å².